The van der Waals surface area contributed by atoms with Gasteiger partial charge in [0, 0.05) is 51.6 Å². The number of hydrogen-bond acceptors (Lipinski definition) is 4. The number of aromatic nitrogens is 4. The van der Waals surface area contributed by atoms with Crippen LogP contribution in [0.15, 0.2) is 36.2 Å². The third kappa shape index (κ3) is 5.18. The molecular weight excluding hydrogens is 544 g/mol. The minimum Gasteiger partial charge on any atom is -0.481 e. The zero-order valence-electron chi connectivity index (χ0n) is 24.7. The molecule has 0 saturated carbocycles. The van der Waals surface area contributed by atoms with E-state index in [1.165, 1.54) is 0 Å². The van der Waals surface area contributed by atoms with Crippen molar-refractivity contribution in [2.24, 2.45) is 0 Å². The smallest absolute Gasteiger partial charge is 0.303 e. The number of aromatic amines is 3. The standard InChI is InChI=1S/C34H34N4O5/c1-7-20-19(6)31-34(43)33-21(8-2)17(4)25(37-33)14-24-16(3)13-27(35-24)23(10-12-30(41)42)32-22(9-11-29(39)40)18(5)26(36-32)15-28(20)38-31/h7-8,13-15,35,37-38H,1-2,9-12H2,3-6H3,(H,39,40)(H,41,42). The topological polar surface area (TPSA) is 152 Å². The molecule has 8 bridgehead atoms. The Morgan fingerprint density at radius 1 is 0.791 bits per heavy atom. The van der Waals surface area contributed by atoms with Crippen molar-refractivity contribution in [3.63, 3.8) is 0 Å². The van der Waals surface area contributed by atoms with Gasteiger partial charge in [0.25, 0.3) is 0 Å². The van der Waals surface area contributed by atoms with Crippen LogP contribution < -0.4 is 5.43 Å². The van der Waals surface area contributed by atoms with Gasteiger partial charge in [-0.1, -0.05) is 25.3 Å². The number of fused-ring (bicyclic) bond motifs is 8. The number of carboxylic acids is 2. The molecule has 0 unspecified atom stereocenters. The van der Waals surface area contributed by atoms with Crippen molar-refractivity contribution < 1.29 is 19.8 Å². The number of H-pyrrole nitrogens is 3. The maximum Gasteiger partial charge on any atom is 0.303 e. The number of carbonyl (C=O) groups is 2. The summed E-state index contributed by atoms with van der Waals surface area (Å²) in [4.78, 5) is 52.3. The van der Waals surface area contributed by atoms with Gasteiger partial charge in [0.15, 0.2) is 0 Å². The molecule has 0 saturated heterocycles. The zero-order chi connectivity index (χ0) is 31.2. The molecule has 220 valence electrons. The quantitative estimate of drug-likeness (QED) is 0.153. The first-order chi connectivity index (χ1) is 20.4. The van der Waals surface area contributed by atoms with Crippen LogP contribution in [-0.4, -0.2) is 42.1 Å². The van der Waals surface area contributed by atoms with Crippen LogP contribution in [-0.2, 0) is 16.0 Å². The molecule has 4 aromatic rings. The highest BCUT2D eigenvalue weighted by Gasteiger charge is 2.23. The van der Waals surface area contributed by atoms with Crippen molar-refractivity contribution in [2.75, 3.05) is 0 Å². The summed E-state index contributed by atoms with van der Waals surface area (Å²) in [5.74, 6) is -1.88. The lowest BCUT2D eigenvalue weighted by Gasteiger charge is -2.08. The molecular formula is C34H34N4O5. The minimum atomic E-state index is -0.946. The third-order valence-electron chi connectivity index (χ3n) is 8.30. The van der Waals surface area contributed by atoms with Gasteiger partial charge in [-0.15, -0.1) is 0 Å². The Morgan fingerprint density at radius 2 is 1.44 bits per heavy atom. The van der Waals surface area contributed by atoms with E-state index in [1.54, 1.807) is 12.2 Å². The second-order valence-corrected chi connectivity index (χ2v) is 10.9. The maximum absolute atomic E-state index is 14.0. The van der Waals surface area contributed by atoms with Crippen LogP contribution >= 0.6 is 0 Å². The summed E-state index contributed by atoms with van der Waals surface area (Å²) in [5, 5.41) is 19.1. The van der Waals surface area contributed by atoms with Crippen molar-refractivity contribution >= 4 is 68.3 Å². The van der Waals surface area contributed by atoms with E-state index in [4.69, 9.17) is 4.98 Å². The molecule has 0 aromatic carbocycles. The fourth-order valence-electron chi connectivity index (χ4n) is 5.88. The van der Waals surface area contributed by atoms with Crippen molar-refractivity contribution in [1.82, 2.24) is 19.9 Å². The van der Waals surface area contributed by atoms with Gasteiger partial charge in [0.05, 0.1) is 22.4 Å². The molecule has 4 aromatic heterocycles. The van der Waals surface area contributed by atoms with E-state index in [0.29, 0.717) is 44.6 Å². The van der Waals surface area contributed by atoms with E-state index in [2.05, 4.69) is 28.1 Å². The molecule has 5 heterocycles. The van der Waals surface area contributed by atoms with Gasteiger partial charge in [0.1, 0.15) is 0 Å². The molecule has 5 N–H and O–H groups in total. The predicted molar refractivity (Wildman–Crippen MR) is 172 cm³/mol. The number of hydrogen-bond donors (Lipinski definition) is 5. The molecule has 1 aliphatic rings. The summed E-state index contributed by atoms with van der Waals surface area (Å²) < 4.78 is 0. The Kier molecular flexibility index (Phi) is 7.67. The van der Waals surface area contributed by atoms with Crippen LogP contribution in [0.5, 0.6) is 0 Å². The Bertz CT molecular complexity index is 2090. The molecule has 0 fully saturated rings. The van der Waals surface area contributed by atoms with Crippen LogP contribution in [0.1, 0.15) is 71.0 Å². The highest BCUT2D eigenvalue weighted by molar-refractivity contribution is 5.96. The molecule has 43 heavy (non-hydrogen) atoms. The molecule has 0 aliphatic carbocycles. The van der Waals surface area contributed by atoms with Crippen LogP contribution in [0.25, 0.3) is 56.4 Å². The first-order valence-corrected chi connectivity index (χ1v) is 14.0. The SMILES string of the molecule is C=Cc1c(C)c2[nH]c1cc1nc(c(CCC(=O)O)c3cc(C)c(cc4[nH]c(c(C=C)c4C)c2=O)[nH]3)C(CCC(=O)O)=C1C. The van der Waals surface area contributed by atoms with Crippen LogP contribution in [0.4, 0.5) is 0 Å². The number of nitrogens with one attached hydrogen (secondary N) is 3. The molecule has 5 rings (SSSR count). The monoisotopic (exact) mass is 578 g/mol. The number of allylic oxidation sites excluding steroid dienone is 2. The van der Waals surface area contributed by atoms with Crippen molar-refractivity contribution in [2.45, 2.75) is 53.4 Å². The van der Waals surface area contributed by atoms with E-state index < -0.39 is 11.9 Å². The molecule has 0 spiro atoms. The third-order valence-corrected chi connectivity index (χ3v) is 8.30. The van der Waals surface area contributed by atoms with E-state index in [0.717, 1.165) is 44.4 Å². The van der Waals surface area contributed by atoms with Crippen molar-refractivity contribution in [3.8, 4) is 0 Å². The summed E-state index contributed by atoms with van der Waals surface area (Å²) in [7, 11) is 0. The van der Waals surface area contributed by atoms with Crippen LogP contribution in [0, 0.1) is 20.8 Å². The van der Waals surface area contributed by atoms with Gasteiger partial charge in [-0.2, -0.15) is 0 Å². The van der Waals surface area contributed by atoms with Crippen LogP contribution in [0.3, 0.4) is 0 Å². The predicted octanol–water partition coefficient (Wildman–Crippen LogP) is 6.91. The van der Waals surface area contributed by atoms with E-state index in [-0.39, 0.29) is 31.1 Å². The Balaban J connectivity index is 2.04. The van der Waals surface area contributed by atoms with Gasteiger partial charge in [-0.3, -0.25) is 14.4 Å². The largest absolute Gasteiger partial charge is 0.481 e. The molecule has 0 atom stereocenters. The Hall–Kier alpha value is -5.18. The summed E-state index contributed by atoms with van der Waals surface area (Å²) in [5.41, 5.74) is 10.8. The second kappa shape index (κ2) is 11.2. The minimum absolute atomic E-state index is 0.105. The highest BCUT2D eigenvalue weighted by Crippen LogP contribution is 2.37. The number of nitrogens with zero attached hydrogens (tertiary/aromatic N) is 1. The number of carboxylic acid groups (broad SMARTS) is 2. The lowest BCUT2D eigenvalue weighted by Crippen LogP contribution is -2.02. The summed E-state index contributed by atoms with van der Waals surface area (Å²) in [6.07, 6.45) is 3.55. The normalized spacial score (nSPS) is 12.2. The number of rotatable bonds is 8. The fraction of sp³-hybridized carbons (Fsp3) is 0.235. The molecule has 9 nitrogen and oxygen atoms in total. The molecule has 9 heteroatoms. The first-order valence-electron chi connectivity index (χ1n) is 14.0. The second-order valence-electron chi connectivity index (χ2n) is 10.9. The Morgan fingerprint density at radius 3 is 2.09 bits per heavy atom. The summed E-state index contributed by atoms with van der Waals surface area (Å²) in [6.45, 7) is 15.6. The molecule has 1 aliphatic heterocycles. The van der Waals surface area contributed by atoms with Crippen molar-refractivity contribution in [3.05, 3.63) is 86.3 Å². The molecule has 0 amide bonds. The van der Waals surface area contributed by atoms with Gasteiger partial charge in [-0.05, 0) is 86.6 Å². The van der Waals surface area contributed by atoms with Crippen molar-refractivity contribution in [1.29, 1.82) is 0 Å². The fourth-order valence-corrected chi connectivity index (χ4v) is 5.88. The maximum atomic E-state index is 14.0. The van der Waals surface area contributed by atoms with Gasteiger partial charge in [-0.25, -0.2) is 4.98 Å². The lowest BCUT2D eigenvalue weighted by molar-refractivity contribution is -0.137. The summed E-state index contributed by atoms with van der Waals surface area (Å²) >= 11 is 0. The summed E-state index contributed by atoms with van der Waals surface area (Å²) in [6, 6.07) is 5.71. The lowest BCUT2D eigenvalue weighted by atomic mass is 9.96. The first kappa shape index (κ1) is 29.3. The van der Waals surface area contributed by atoms with E-state index in [1.807, 2.05) is 45.9 Å². The van der Waals surface area contributed by atoms with E-state index in [9.17, 15) is 24.6 Å². The average Bonchev–Trinajstić information content (AvgIpc) is 3.66. The zero-order valence-corrected chi connectivity index (χ0v) is 24.7. The average molecular weight is 579 g/mol. The molecule has 0 radical (unpaired) electrons. The van der Waals surface area contributed by atoms with Gasteiger partial charge >= 0.3 is 11.9 Å². The van der Waals surface area contributed by atoms with E-state index >= 15 is 0 Å². The van der Waals surface area contributed by atoms with Crippen LogP contribution in [0.2, 0.25) is 0 Å². The Labute approximate surface area is 247 Å². The van der Waals surface area contributed by atoms with Gasteiger partial charge < -0.3 is 25.2 Å². The number of aryl methyl sites for hydroxylation is 4. The van der Waals surface area contributed by atoms with Gasteiger partial charge in [0.2, 0.25) is 5.43 Å². The highest BCUT2D eigenvalue weighted by atomic mass is 16.4. The number of aliphatic carboxylic acids is 2.